The van der Waals surface area contributed by atoms with Gasteiger partial charge in [-0.2, -0.15) is 0 Å². The van der Waals surface area contributed by atoms with Gasteiger partial charge in [0.15, 0.2) is 0 Å². The Morgan fingerprint density at radius 3 is 2.89 bits per heavy atom. The zero-order chi connectivity index (χ0) is 13.0. The third-order valence-corrected chi connectivity index (χ3v) is 3.21. The van der Waals surface area contributed by atoms with Crippen molar-refractivity contribution in [2.24, 2.45) is 0 Å². The average molecular weight is 265 g/mol. The lowest BCUT2D eigenvalue weighted by atomic mass is 10.2. The summed E-state index contributed by atoms with van der Waals surface area (Å²) < 4.78 is 4.90. The number of hydrogen-bond donors (Lipinski definition) is 1. The minimum Gasteiger partial charge on any atom is -0.361 e. The van der Waals surface area contributed by atoms with Crippen LogP contribution in [0.3, 0.4) is 0 Å². The van der Waals surface area contributed by atoms with Gasteiger partial charge in [0, 0.05) is 24.4 Å². The molecule has 6 heteroatoms. The first-order chi connectivity index (χ1) is 8.63. The molecule has 0 radical (unpaired) electrons. The van der Waals surface area contributed by atoms with Crippen LogP contribution in [0.1, 0.15) is 22.2 Å². The first-order valence-electron chi connectivity index (χ1n) is 5.73. The van der Waals surface area contributed by atoms with Crippen molar-refractivity contribution in [2.45, 2.75) is 26.7 Å². The van der Waals surface area contributed by atoms with Crippen LogP contribution in [-0.4, -0.2) is 22.6 Å². The first-order valence-corrected chi connectivity index (χ1v) is 6.61. The number of carbonyl (C=O) groups excluding carboxylic acids is 1. The summed E-state index contributed by atoms with van der Waals surface area (Å²) in [4.78, 5) is 15.9. The van der Waals surface area contributed by atoms with Crippen molar-refractivity contribution in [3.05, 3.63) is 33.6 Å². The van der Waals surface area contributed by atoms with Crippen LogP contribution in [0.25, 0.3) is 0 Å². The number of aryl methyl sites for hydroxylation is 2. The first kappa shape index (κ1) is 12.8. The van der Waals surface area contributed by atoms with Gasteiger partial charge in [-0.25, -0.2) is 4.98 Å². The second-order valence-corrected chi connectivity index (χ2v) is 5.13. The van der Waals surface area contributed by atoms with Crippen LogP contribution in [-0.2, 0) is 17.6 Å². The maximum absolute atomic E-state index is 11.6. The van der Waals surface area contributed by atoms with Gasteiger partial charge in [-0.15, -0.1) is 11.3 Å². The van der Waals surface area contributed by atoms with Crippen LogP contribution >= 0.6 is 11.3 Å². The van der Waals surface area contributed by atoms with E-state index in [-0.39, 0.29) is 12.3 Å². The second kappa shape index (κ2) is 5.77. The van der Waals surface area contributed by atoms with E-state index in [1.807, 2.05) is 12.3 Å². The van der Waals surface area contributed by atoms with E-state index in [2.05, 4.69) is 15.5 Å². The van der Waals surface area contributed by atoms with E-state index < -0.39 is 0 Å². The lowest BCUT2D eigenvalue weighted by Crippen LogP contribution is -2.27. The van der Waals surface area contributed by atoms with E-state index in [9.17, 15) is 4.79 Å². The molecule has 0 fully saturated rings. The maximum Gasteiger partial charge on any atom is 0.226 e. The molecule has 18 heavy (non-hydrogen) atoms. The van der Waals surface area contributed by atoms with Crippen molar-refractivity contribution in [2.75, 3.05) is 6.54 Å². The summed E-state index contributed by atoms with van der Waals surface area (Å²) in [5.74, 6) is 0.672. The van der Waals surface area contributed by atoms with Crippen LogP contribution in [0.15, 0.2) is 16.0 Å². The number of thiazole rings is 1. The van der Waals surface area contributed by atoms with Gasteiger partial charge in [0.25, 0.3) is 0 Å². The third-order valence-electron chi connectivity index (χ3n) is 2.39. The summed E-state index contributed by atoms with van der Waals surface area (Å²) >= 11 is 1.62. The van der Waals surface area contributed by atoms with E-state index in [0.29, 0.717) is 12.2 Å². The highest BCUT2D eigenvalue weighted by Gasteiger charge is 2.07. The molecule has 5 nitrogen and oxygen atoms in total. The van der Waals surface area contributed by atoms with Crippen LogP contribution in [0.2, 0.25) is 0 Å². The van der Waals surface area contributed by atoms with Crippen molar-refractivity contribution in [1.82, 2.24) is 15.5 Å². The highest BCUT2D eigenvalue weighted by atomic mass is 32.1. The molecule has 0 unspecified atom stereocenters. The molecule has 0 aliphatic heterocycles. The summed E-state index contributed by atoms with van der Waals surface area (Å²) in [6.45, 7) is 4.37. The van der Waals surface area contributed by atoms with Gasteiger partial charge in [-0.3, -0.25) is 4.79 Å². The highest BCUT2D eigenvalue weighted by Crippen LogP contribution is 2.07. The van der Waals surface area contributed by atoms with Gasteiger partial charge in [0.2, 0.25) is 5.91 Å². The molecule has 96 valence electrons. The van der Waals surface area contributed by atoms with Crippen LogP contribution in [0.4, 0.5) is 0 Å². The van der Waals surface area contributed by atoms with Gasteiger partial charge < -0.3 is 9.84 Å². The summed E-state index contributed by atoms with van der Waals surface area (Å²) in [7, 11) is 0. The standard InChI is InChI=1S/C12H15N3O2S/c1-8-5-11(15-17-8)6-12(16)13-4-3-10-7-18-9(2)14-10/h5,7H,3-4,6H2,1-2H3,(H,13,16). The lowest BCUT2D eigenvalue weighted by Gasteiger charge is -2.01. The van der Waals surface area contributed by atoms with E-state index in [0.717, 1.165) is 22.9 Å². The molecule has 0 saturated carbocycles. The van der Waals surface area contributed by atoms with E-state index >= 15 is 0 Å². The number of nitrogens with zero attached hydrogens (tertiary/aromatic N) is 2. The van der Waals surface area contributed by atoms with Crippen molar-refractivity contribution in [1.29, 1.82) is 0 Å². The summed E-state index contributed by atoms with van der Waals surface area (Å²) in [5.41, 5.74) is 1.68. The number of nitrogens with one attached hydrogen (secondary N) is 1. The molecule has 2 rings (SSSR count). The molecular formula is C12H15N3O2S. The summed E-state index contributed by atoms with van der Waals surface area (Å²) in [5, 5.41) is 9.69. The Morgan fingerprint density at radius 2 is 2.28 bits per heavy atom. The zero-order valence-electron chi connectivity index (χ0n) is 10.4. The number of rotatable bonds is 5. The number of amides is 1. The van der Waals surface area contributed by atoms with Gasteiger partial charge in [0.05, 0.1) is 22.8 Å². The third kappa shape index (κ3) is 3.66. The molecule has 0 saturated heterocycles. The second-order valence-electron chi connectivity index (χ2n) is 4.06. The number of carbonyl (C=O) groups is 1. The molecular weight excluding hydrogens is 250 g/mol. The SMILES string of the molecule is Cc1cc(CC(=O)NCCc2csc(C)n2)no1. The molecule has 2 aromatic rings. The summed E-state index contributed by atoms with van der Waals surface area (Å²) in [6, 6.07) is 1.77. The zero-order valence-corrected chi connectivity index (χ0v) is 11.2. The quantitative estimate of drug-likeness (QED) is 0.892. The Bertz CT molecular complexity index is 533. The van der Waals surface area contributed by atoms with E-state index in [1.54, 1.807) is 24.3 Å². The molecule has 0 aromatic carbocycles. The molecule has 0 aliphatic rings. The Morgan fingerprint density at radius 1 is 1.44 bits per heavy atom. The Balaban J connectivity index is 1.72. The predicted octanol–water partition coefficient (Wildman–Crippen LogP) is 1.65. The molecule has 2 heterocycles. The fraction of sp³-hybridized carbons (Fsp3) is 0.417. The fourth-order valence-corrected chi connectivity index (χ4v) is 2.23. The Labute approximate surface area is 109 Å². The molecule has 1 amide bonds. The number of hydrogen-bond acceptors (Lipinski definition) is 5. The van der Waals surface area contributed by atoms with E-state index in [1.165, 1.54) is 0 Å². The maximum atomic E-state index is 11.6. The minimum absolute atomic E-state index is 0.0461. The smallest absolute Gasteiger partial charge is 0.226 e. The monoisotopic (exact) mass is 265 g/mol. The molecule has 0 atom stereocenters. The predicted molar refractivity (Wildman–Crippen MR) is 68.5 cm³/mol. The van der Waals surface area contributed by atoms with Gasteiger partial charge in [-0.1, -0.05) is 5.16 Å². The number of aromatic nitrogens is 2. The Kier molecular flexibility index (Phi) is 4.09. The largest absolute Gasteiger partial charge is 0.361 e. The van der Waals surface area contributed by atoms with E-state index in [4.69, 9.17) is 4.52 Å². The van der Waals surface area contributed by atoms with Crippen molar-refractivity contribution in [3.63, 3.8) is 0 Å². The molecule has 0 bridgehead atoms. The molecule has 1 N–H and O–H groups in total. The highest BCUT2D eigenvalue weighted by molar-refractivity contribution is 7.09. The Hall–Kier alpha value is -1.69. The molecule has 2 aromatic heterocycles. The van der Waals surface area contributed by atoms with Crippen molar-refractivity contribution in [3.8, 4) is 0 Å². The molecule has 0 aliphatic carbocycles. The van der Waals surface area contributed by atoms with Crippen molar-refractivity contribution >= 4 is 17.2 Å². The fourth-order valence-electron chi connectivity index (χ4n) is 1.58. The van der Waals surface area contributed by atoms with Crippen LogP contribution in [0.5, 0.6) is 0 Å². The van der Waals surface area contributed by atoms with Crippen LogP contribution < -0.4 is 5.32 Å². The van der Waals surface area contributed by atoms with Crippen LogP contribution in [0, 0.1) is 13.8 Å². The molecule has 0 spiro atoms. The average Bonchev–Trinajstić information content (AvgIpc) is 2.88. The van der Waals surface area contributed by atoms with Crippen molar-refractivity contribution < 1.29 is 9.32 Å². The summed E-state index contributed by atoms with van der Waals surface area (Å²) in [6.07, 6.45) is 1.02. The van der Waals surface area contributed by atoms with Gasteiger partial charge in [-0.05, 0) is 13.8 Å². The van der Waals surface area contributed by atoms with Gasteiger partial charge in [0.1, 0.15) is 5.76 Å². The lowest BCUT2D eigenvalue weighted by molar-refractivity contribution is -0.120. The minimum atomic E-state index is -0.0461. The van der Waals surface area contributed by atoms with Gasteiger partial charge >= 0.3 is 0 Å². The normalized spacial score (nSPS) is 10.6. The topological polar surface area (TPSA) is 68.0 Å².